The fourth-order valence-corrected chi connectivity index (χ4v) is 3.61. The summed E-state index contributed by atoms with van der Waals surface area (Å²) in [6, 6.07) is 11.8. The topological polar surface area (TPSA) is 73.0 Å². The summed E-state index contributed by atoms with van der Waals surface area (Å²) < 4.78 is 1.80. The summed E-state index contributed by atoms with van der Waals surface area (Å²) in [5.41, 5.74) is 3.87. The molecule has 2 heterocycles. The average molecular weight is 389 g/mol. The average Bonchev–Trinajstić information content (AvgIpc) is 3.21. The zero-order valence-corrected chi connectivity index (χ0v) is 15.1. The van der Waals surface area contributed by atoms with Gasteiger partial charge in [0.2, 0.25) is 0 Å². The molecule has 2 aromatic carbocycles. The molecule has 0 unspecified atom stereocenters. The van der Waals surface area contributed by atoms with Crippen LogP contribution >= 0.6 is 23.2 Å². The molecule has 6 nitrogen and oxygen atoms in total. The lowest BCUT2D eigenvalue weighted by Crippen LogP contribution is -2.05. The predicted octanol–water partition coefficient (Wildman–Crippen LogP) is 4.65. The highest BCUT2D eigenvalue weighted by atomic mass is 35.5. The number of halogens is 2. The zero-order chi connectivity index (χ0) is 18.3. The summed E-state index contributed by atoms with van der Waals surface area (Å²) in [4.78, 5) is 10.4. The first-order valence-electron chi connectivity index (χ1n) is 8.06. The molecule has 0 saturated carbocycles. The van der Waals surface area contributed by atoms with Crippen LogP contribution in [0, 0.1) is 10.1 Å². The SMILES string of the molecule is O=[N+]([O-])c1ccc(-n2nc(Cc3ccc(Cl)cc3Cl)c3c2NCC3)cc1. The minimum Gasteiger partial charge on any atom is -0.369 e. The highest BCUT2D eigenvalue weighted by Crippen LogP contribution is 2.32. The summed E-state index contributed by atoms with van der Waals surface area (Å²) in [7, 11) is 0. The fraction of sp³-hybridized carbons (Fsp3) is 0.167. The van der Waals surface area contributed by atoms with E-state index in [1.165, 1.54) is 12.1 Å². The Bertz CT molecular complexity index is 999. The van der Waals surface area contributed by atoms with Gasteiger partial charge < -0.3 is 5.32 Å². The molecule has 0 radical (unpaired) electrons. The molecule has 26 heavy (non-hydrogen) atoms. The van der Waals surface area contributed by atoms with Crippen LogP contribution in [0.3, 0.4) is 0 Å². The van der Waals surface area contributed by atoms with Crippen molar-refractivity contribution in [3.05, 3.63) is 79.4 Å². The van der Waals surface area contributed by atoms with Gasteiger partial charge in [-0.05, 0) is 36.2 Å². The van der Waals surface area contributed by atoms with Crippen LogP contribution in [0.1, 0.15) is 16.8 Å². The first-order valence-corrected chi connectivity index (χ1v) is 8.82. The lowest BCUT2D eigenvalue weighted by atomic mass is 10.1. The normalized spacial score (nSPS) is 12.7. The summed E-state index contributed by atoms with van der Waals surface area (Å²) in [6.45, 7) is 0.835. The Labute approximate surface area is 159 Å². The Balaban J connectivity index is 1.72. The highest BCUT2D eigenvalue weighted by Gasteiger charge is 2.23. The number of hydrogen-bond acceptors (Lipinski definition) is 4. The summed E-state index contributed by atoms with van der Waals surface area (Å²) >= 11 is 12.3. The quantitative estimate of drug-likeness (QED) is 0.521. The van der Waals surface area contributed by atoms with Crippen molar-refractivity contribution in [1.29, 1.82) is 0 Å². The molecule has 1 aliphatic rings. The molecule has 1 aliphatic heterocycles. The van der Waals surface area contributed by atoms with Crippen molar-refractivity contribution in [3.8, 4) is 5.69 Å². The number of non-ortho nitro benzene ring substituents is 1. The molecule has 0 bridgehead atoms. The van der Waals surface area contributed by atoms with Gasteiger partial charge in [0.25, 0.3) is 5.69 Å². The third kappa shape index (κ3) is 3.02. The minimum absolute atomic E-state index is 0.0543. The molecule has 0 aliphatic carbocycles. The number of benzene rings is 2. The lowest BCUT2D eigenvalue weighted by Gasteiger charge is -2.06. The number of nitro groups is 1. The molecular weight excluding hydrogens is 375 g/mol. The lowest BCUT2D eigenvalue weighted by molar-refractivity contribution is -0.384. The molecule has 3 aromatic rings. The number of aromatic nitrogens is 2. The van der Waals surface area contributed by atoms with E-state index in [-0.39, 0.29) is 5.69 Å². The second kappa shape index (κ2) is 6.63. The van der Waals surface area contributed by atoms with E-state index in [9.17, 15) is 10.1 Å². The number of hydrogen-bond donors (Lipinski definition) is 1. The van der Waals surface area contributed by atoms with E-state index in [0.717, 1.165) is 41.3 Å². The summed E-state index contributed by atoms with van der Waals surface area (Å²) in [5, 5.41) is 20.1. The van der Waals surface area contributed by atoms with Crippen LogP contribution in [0.25, 0.3) is 5.69 Å². The van der Waals surface area contributed by atoms with E-state index in [4.69, 9.17) is 28.3 Å². The summed E-state index contributed by atoms with van der Waals surface area (Å²) in [5.74, 6) is 0.930. The van der Waals surface area contributed by atoms with Gasteiger partial charge in [0.1, 0.15) is 5.82 Å². The molecule has 8 heteroatoms. The Hall–Kier alpha value is -2.57. The second-order valence-electron chi connectivity index (χ2n) is 6.05. The van der Waals surface area contributed by atoms with Crippen molar-refractivity contribution >= 4 is 34.7 Å². The molecule has 0 amide bonds. The third-order valence-electron chi connectivity index (χ3n) is 4.41. The second-order valence-corrected chi connectivity index (χ2v) is 6.89. The molecule has 0 atom stereocenters. The van der Waals surface area contributed by atoms with Gasteiger partial charge in [-0.1, -0.05) is 29.3 Å². The Morgan fingerprint density at radius 3 is 2.65 bits per heavy atom. The van der Waals surface area contributed by atoms with E-state index in [1.54, 1.807) is 22.9 Å². The van der Waals surface area contributed by atoms with Crippen molar-refractivity contribution in [3.63, 3.8) is 0 Å². The van der Waals surface area contributed by atoms with Gasteiger partial charge in [0.05, 0.1) is 16.3 Å². The number of nitrogens with one attached hydrogen (secondary N) is 1. The Morgan fingerprint density at radius 2 is 1.96 bits per heavy atom. The van der Waals surface area contributed by atoms with E-state index in [0.29, 0.717) is 16.5 Å². The molecule has 132 valence electrons. The maximum absolute atomic E-state index is 10.8. The van der Waals surface area contributed by atoms with E-state index in [1.807, 2.05) is 12.1 Å². The molecule has 1 aromatic heterocycles. The number of nitrogens with zero attached hydrogens (tertiary/aromatic N) is 3. The Morgan fingerprint density at radius 1 is 1.19 bits per heavy atom. The van der Waals surface area contributed by atoms with Crippen molar-refractivity contribution in [2.45, 2.75) is 12.8 Å². The third-order valence-corrected chi connectivity index (χ3v) is 5.00. The molecule has 0 saturated heterocycles. The largest absolute Gasteiger partial charge is 0.369 e. The maximum atomic E-state index is 10.8. The fourth-order valence-electron chi connectivity index (χ4n) is 3.14. The minimum atomic E-state index is -0.413. The van der Waals surface area contributed by atoms with Crippen LogP contribution in [0.5, 0.6) is 0 Å². The molecule has 0 fully saturated rings. The van der Waals surface area contributed by atoms with Crippen molar-refractivity contribution in [1.82, 2.24) is 9.78 Å². The van der Waals surface area contributed by atoms with Gasteiger partial charge in [-0.25, -0.2) is 4.68 Å². The zero-order valence-electron chi connectivity index (χ0n) is 13.6. The van der Waals surface area contributed by atoms with Crippen LogP contribution in [-0.4, -0.2) is 21.2 Å². The molecule has 1 N–H and O–H groups in total. The van der Waals surface area contributed by atoms with Crippen LogP contribution in [0.4, 0.5) is 11.5 Å². The van der Waals surface area contributed by atoms with Gasteiger partial charge in [0, 0.05) is 40.7 Å². The first-order chi connectivity index (χ1) is 12.5. The van der Waals surface area contributed by atoms with E-state index < -0.39 is 4.92 Å². The monoisotopic (exact) mass is 388 g/mol. The highest BCUT2D eigenvalue weighted by molar-refractivity contribution is 6.35. The van der Waals surface area contributed by atoms with Gasteiger partial charge in [-0.2, -0.15) is 5.10 Å². The molecule has 0 spiro atoms. The smallest absolute Gasteiger partial charge is 0.269 e. The van der Waals surface area contributed by atoms with Crippen LogP contribution in [-0.2, 0) is 12.8 Å². The number of nitro benzene ring substituents is 1. The standard InChI is InChI=1S/C18H14Cl2N4O2/c19-12-2-1-11(16(20)10-12)9-17-15-7-8-21-18(15)23(22-17)13-3-5-14(6-4-13)24(25)26/h1-6,10,21H,7-9H2. The van der Waals surface area contributed by atoms with E-state index in [2.05, 4.69) is 5.32 Å². The van der Waals surface area contributed by atoms with Crippen molar-refractivity contribution in [2.24, 2.45) is 0 Å². The van der Waals surface area contributed by atoms with Crippen molar-refractivity contribution in [2.75, 3.05) is 11.9 Å². The predicted molar refractivity (Wildman–Crippen MR) is 102 cm³/mol. The van der Waals surface area contributed by atoms with Crippen molar-refractivity contribution < 1.29 is 4.92 Å². The number of rotatable bonds is 4. The Kier molecular flexibility index (Phi) is 4.30. The van der Waals surface area contributed by atoms with Crippen LogP contribution in [0.15, 0.2) is 42.5 Å². The first kappa shape index (κ1) is 16.9. The van der Waals surface area contributed by atoms with Crippen LogP contribution in [0.2, 0.25) is 10.0 Å². The molecule has 4 rings (SSSR count). The number of anilines is 1. The van der Waals surface area contributed by atoms with Gasteiger partial charge in [-0.3, -0.25) is 10.1 Å². The maximum Gasteiger partial charge on any atom is 0.269 e. The van der Waals surface area contributed by atoms with E-state index >= 15 is 0 Å². The summed E-state index contributed by atoms with van der Waals surface area (Å²) in [6.07, 6.45) is 1.48. The van der Waals surface area contributed by atoms with Crippen LogP contribution < -0.4 is 5.32 Å². The molecular formula is C18H14Cl2N4O2. The number of fused-ring (bicyclic) bond motifs is 1. The van der Waals surface area contributed by atoms with Gasteiger partial charge in [-0.15, -0.1) is 0 Å². The van der Waals surface area contributed by atoms with Gasteiger partial charge in [0.15, 0.2) is 0 Å². The van der Waals surface area contributed by atoms with Gasteiger partial charge >= 0.3 is 0 Å².